The van der Waals surface area contributed by atoms with Crippen molar-refractivity contribution in [2.45, 2.75) is 26.8 Å². The summed E-state index contributed by atoms with van der Waals surface area (Å²) in [7, 11) is 0. The lowest BCUT2D eigenvalue weighted by Gasteiger charge is -2.19. The first-order chi connectivity index (χ1) is 14.4. The van der Waals surface area contributed by atoms with Crippen molar-refractivity contribution >= 4 is 40.2 Å². The van der Waals surface area contributed by atoms with Crippen LogP contribution in [-0.4, -0.2) is 17.1 Å². The molecule has 156 valence electrons. The standard InChI is InChI=1S/C22H21ClFN3O2S/c1-13(2)7-8-27-19(14-3-6-20-18(9-14)26-21(28)11-29-20)12-30-22(27)25-15-4-5-16(23)17(24)10-15/h3-6,9-10,12-13H,7-8,11H2,1-2H3,(H,26,28). The summed E-state index contributed by atoms with van der Waals surface area (Å²) >= 11 is 7.28. The van der Waals surface area contributed by atoms with Crippen LogP contribution < -0.4 is 14.9 Å². The number of carbonyl (C=O) groups excluding carboxylic acids is 1. The first-order valence-electron chi connectivity index (χ1n) is 9.66. The number of halogens is 2. The van der Waals surface area contributed by atoms with Gasteiger partial charge < -0.3 is 14.6 Å². The van der Waals surface area contributed by atoms with Crippen molar-refractivity contribution < 1.29 is 13.9 Å². The van der Waals surface area contributed by atoms with Gasteiger partial charge in [-0.1, -0.05) is 25.4 Å². The van der Waals surface area contributed by atoms with Crippen molar-refractivity contribution in [3.8, 4) is 17.0 Å². The Balaban J connectivity index is 1.78. The van der Waals surface area contributed by atoms with Crippen molar-refractivity contribution in [3.05, 3.63) is 57.4 Å². The normalized spacial score (nSPS) is 13.9. The van der Waals surface area contributed by atoms with E-state index in [2.05, 4.69) is 28.7 Å². The Labute approximate surface area is 182 Å². The lowest BCUT2D eigenvalue weighted by atomic mass is 10.1. The van der Waals surface area contributed by atoms with Crippen LogP contribution in [0.3, 0.4) is 0 Å². The topological polar surface area (TPSA) is 55.6 Å². The highest BCUT2D eigenvalue weighted by atomic mass is 35.5. The molecule has 0 aliphatic carbocycles. The minimum atomic E-state index is -0.492. The van der Waals surface area contributed by atoms with Gasteiger partial charge in [-0.3, -0.25) is 4.79 Å². The van der Waals surface area contributed by atoms with Crippen molar-refractivity contribution in [2.24, 2.45) is 10.9 Å². The molecule has 3 aromatic rings. The van der Waals surface area contributed by atoms with Gasteiger partial charge in [-0.15, -0.1) is 11.3 Å². The van der Waals surface area contributed by atoms with Crippen LogP contribution in [0, 0.1) is 11.7 Å². The molecule has 0 fully saturated rings. The molecule has 30 heavy (non-hydrogen) atoms. The summed E-state index contributed by atoms with van der Waals surface area (Å²) in [5.74, 6) is 0.512. The molecular formula is C22H21ClFN3O2S. The van der Waals surface area contributed by atoms with Crippen LogP contribution >= 0.6 is 22.9 Å². The highest BCUT2D eigenvalue weighted by Gasteiger charge is 2.18. The van der Waals surface area contributed by atoms with E-state index in [0.29, 0.717) is 23.0 Å². The Morgan fingerprint density at radius 1 is 1.30 bits per heavy atom. The summed E-state index contributed by atoms with van der Waals surface area (Å²) < 4.78 is 21.4. The lowest BCUT2D eigenvalue weighted by molar-refractivity contribution is -0.118. The maximum atomic E-state index is 13.9. The van der Waals surface area contributed by atoms with Crippen molar-refractivity contribution in [1.29, 1.82) is 0 Å². The van der Waals surface area contributed by atoms with Gasteiger partial charge in [0.15, 0.2) is 11.4 Å². The SMILES string of the molecule is CC(C)CCn1c(-c2ccc3c(c2)NC(=O)CO3)csc1=Nc1ccc(Cl)c(F)c1. The first kappa shape index (κ1) is 20.6. The lowest BCUT2D eigenvalue weighted by Crippen LogP contribution is -2.25. The van der Waals surface area contributed by atoms with E-state index in [9.17, 15) is 9.18 Å². The van der Waals surface area contributed by atoms with Crippen LogP contribution in [0.15, 0.2) is 46.8 Å². The number of nitrogens with zero attached hydrogens (tertiary/aromatic N) is 2. The fourth-order valence-corrected chi connectivity index (χ4v) is 4.23. The number of thiazole rings is 1. The maximum absolute atomic E-state index is 13.9. The summed E-state index contributed by atoms with van der Waals surface area (Å²) in [6.45, 7) is 5.14. The van der Waals surface area contributed by atoms with Gasteiger partial charge in [0.2, 0.25) is 0 Å². The number of ether oxygens (including phenoxy) is 1. The van der Waals surface area contributed by atoms with E-state index < -0.39 is 5.82 Å². The molecule has 1 amide bonds. The molecule has 0 saturated heterocycles. The van der Waals surface area contributed by atoms with Gasteiger partial charge in [0, 0.05) is 23.6 Å². The number of aromatic nitrogens is 1. The molecule has 5 nitrogen and oxygen atoms in total. The Kier molecular flexibility index (Phi) is 5.92. The van der Waals surface area contributed by atoms with Crippen LogP contribution in [0.5, 0.6) is 5.75 Å². The quantitative estimate of drug-likeness (QED) is 0.554. The van der Waals surface area contributed by atoms with E-state index in [1.165, 1.54) is 23.5 Å². The number of rotatable bonds is 5. The Bertz CT molecular complexity index is 1170. The molecule has 0 saturated carbocycles. The molecule has 1 N–H and O–H groups in total. The summed E-state index contributed by atoms with van der Waals surface area (Å²) in [5.41, 5.74) is 3.10. The van der Waals surface area contributed by atoms with Gasteiger partial charge in [0.05, 0.1) is 22.1 Å². The van der Waals surface area contributed by atoms with Gasteiger partial charge in [0.25, 0.3) is 5.91 Å². The Morgan fingerprint density at radius 3 is 2.90 bits per heavy atom. The van der Waals surface area contributed by atoms with Crippen molar-refractivity contribution in [1.82, 2.24) is 4.57 Å². The Hall–Kier alpha value is -2.64. The molecule has 4 rings (SSSR count). The number of fused-ring (bicyclic) bond motifs is 1. The molecular weight excluding hydrogens is 425 g/mol. The fraction of sp³-hybridized carbons (Fsp3) is 0.273. The van der Waals surface area contributed by atoms with Crippen molar-refractivity contribution in [3.63, 3.8) is 0 Å². The number of amides is 1. The molecule has 2 heterocycles. The van der Waals surface area contributed by atoms with Gasteiger partial charge >= 0.3 is 0 Å². The zero-order chi connectivity index (χ0) is 21.3. The summed E-state index contributed by atoms with van der Waals surface area (Å²) in [6.07, 6.45) is 0.969. The number of carbonyl (C=O) groups is 1. The predicted octanol–water partition coefficient (Wildman–Crippen LogP) is 5.62. The van der Waals surface area contributed by atoms with Gasteiger partial charge in [-0.2, -0.15) is 0 Å². The monoisotopic (exact) mass is 445 g/mol. The predicted molar refractivity (Wildman–Crippen MR) is 118 cm³/mol. The largest absolute Gasteiger partial charge is 0.482 e. The molecule has 0 bridgehead atoms. The second-order valence-electron chi connectivity index (χ2n) is 7.50. The van der Waals surface area contributed by atoms with Crippen LogP contribution in [0.25, 0.3) is 11.3 Å². The summed E-state index contributed by atoms with van der Waals surface area (Å²) in [6, 6.07) is 10.3. The molecule has 1 aliphatic heterocycles. The summed E-state index contributed by atoms with van der Waals surface area (Å²) in [4.78, 5) is 17.1. The van der Waals surface area contributed by atoms with E-state index in [1.807, 2.05) is 23.6 Å². The molecule has 1 aliphatic rings. The minimum Gasteiger partial charge on any atom is -0.482 e. The van der Waals surface area contributed by atoms with Gasteiger partial charge in [-0.05, 0) is 42.7 Å². The molecule has 8 heteroatoms. The number of anilines is 1. The van der Waals surface area contributed by atoms with Crippen LogP contribution in [-0.2, 0) is 11.3 Å². The van der Waals surface area contributed by atoms with E-state index in [-0.39, 0.29) is 17.5 Å². The molecule has 0 radical (unpaired) electrons. The summed E-state index contributed by atoms with van der Waals surface area (Å²) in [5, 5.41) is 4.95. The molecule has 0 atom stereocenters. The maximum Gasteiger partial charge on any atom is 0.262 e. The van der Waals surface area contributed by atoms with E-state index in [4.69, 9.17) is 16.3 Å². The average Bonchev–Trinajstić information content (AvgIpc) is 3.11. The van der Waals surface area contributed by atoms with E-state index in [0.717, 1.165) is 29.0 Å². The molecule has 1 aromatic heterocycles. The molecule has 0 spiro atoms. The number of nitrogens with one attached hydrogen (secondary N) is 1. The van der Waals surface area contributed by atoms with E-state index in [1.54, 1.807) is 6.07 Å². The third-order valence-corrected chi connectivity index (χ3v) is 5.93. The Morgan fingerprint density at radius 2 is 2.13 bits per heavy atom. The highest BCUT2D eigenvalue weighted by Crippen LogP contribution is 2.33. The van der Waals surface area contributed by atoms with Gasteiger partial charge in [-0.25, -0.2) is 9.38 Å². The van der Waals surface area contributed by atoms with E-state index >= 15 is 0 Å². The fourth-order valence-electron chi connectivity index (χ4n) is 3.16. The third kappa shape index (κ3) is 4.42. The van der Waals surface area contributed by atoms with Crippen LogP contribution in [0.2, 0.25) is 5.02 Å². The third-order valence-electron chi connectivity index (χ3n) is 4.76. The number of hydrogen-bond acceptors (Lipinski definition) is 4. The van der Waals surface area contributed by atoms with Crippen molar-refractivity contribution in [2.75, 3.05) is 11.9 Å². The zero-order valence-corrected chi connectivity index (χ0v) is 18.2. The second-order valence-corrected chi connectivity index (χ2v) is 8.74. The van der Waals surface area contributed by atoms with Gasteiger partial charge in [0.1, 0.15) is 11.6 Å². The number of hydrogen-bond donors (Lipinski definition) is 1. The zero-order valence-electron chi connectivity index (χ0n) is 16.6. The molecule has 2 aromatic carbocycles. The minimum absolute atomic E-state index is 0.0276. The average molecular weight is 446 g/mol. The molecule has 0 unspecified atom stereocenters. The first-order valence-corrected chi connectivity index (χ1v) is 10.9. The number of benzene rings is 2. The van der Waals surface area contributed by atoms with Crippen LogP contribution in [0.4, 0.5) is 15.8 Å². The second kappa shape index (κ2) is 8.62. The van der Waals surface area contributed by atoms with Crippen LogP contribution in [0.1, 0.15) is 20.3 Å². The highest BCUT2D eigenvalue weighted by molar-refractivity contribution is 7.07. The smallest absolute Gasteiger partial charge is 0.262 e.